The van der Waals surface area contributed by atoms with Crippen LogP contribution in [0, 0.1) is 3.57 Å². The van der Waals surface area contributed by atoms with Crippen molar-refractivity contribution in [2.75, 3.05) is 4.72 Å². The zero-order valence-electron chi connectivity index (χ0n) is 10.4. The standard InChI is InChI=1S/C13H9ClINO4S/c14-10-3-1-2-4-12(10)16-21(19,20)8-5-6-11(15)9(7-8)13(17)18/h1-7,16H,(H,17,18). The molecule has 2 N–H and O–H groups in total. The number of benzene rings is 2. The first-order chi connectivity index (χ1) is 9.81. The molecule has 0 unspecified atom stereocenters. The number of sulfonamides is 1. The molecule has 0 amide bonds. The summed E-state index contributed by atoms with van der Waals surface area (Å²) in [5.74, 6) is -1.19. The first-order valence-electron chi connectivity index (χ1n) is 5.61. The summed E-state index contributed by atoms with van der Waals surface area (Å²) in [7, 11) is -3.91. The minimum absolute atomic E-state index is 0.0716. The summed E-state index contributed by atoms with van der Waals surface area (Å²) in [6.45, 7) is 0. The molecule has 2 aromatic rings. The minimum Gasteiger partial charge on any atom is -0.478 e. The average molecular weight is 438 g/mol. The Balaban J connectivity index is 2.43. The van der Waals surface area contributed by atoms with Gasteiger partial charge in [0.05, 0.1) is 21.2 Å². The lowest BCUT2D eigenvalue weighted by Gasteiger charge is -2.10. The Kier molecular flexibility index (Phi) is 4.74. The Labute approximate surface area is 140 Å². The largest absolute Gasteiger partial charge is 0.478 e. The molecule has 0 bridgehead atoms. The van der Waals surface area contributed by atoms with Crippen LogP contribution in [0.15, 0.2) is 47.4 Å². The summed E-state index contributed by atoms with van der Waals surface area (Å²) in [4.78, 5) is 10.9. The number of hydrogen-bond donors (Lipinski definition) is 2. The molecule has 0 aliphatic carbocycles. The van der Waals surface area contributed by atoms with Crippen molar-refractivity contribution in [3.05, 3.63) is 56.6 Å². The molecule has 0 heterocycles. The van der Waals surface area contributed by atoms with Gasteiger partial charge in [-0.3, -0.25) is 4.72 Å². The van der Waals surface area contributed by atoms with Gasteiger partial charge >= 0.3 is 5.97 Å². The van der Waals surface area contributed by atoms with Gasteiger partial charge < -0.3 is 5.11 Å². The third kappa shape index (κ3) is 3.66. The molecule has 0 aliphatic heterocycles. The number of aromatic carboxylic acids is 1. The van der Waals surface area contributed by atoms with E-state index in [2.05, 4.69) is 4.72 Å². The highest BCUT2D eigenvalue weighted by atomic mass is 127. The molecule has 0 radical (unpaired) electrons. The van der Waals surface area contributed by atoms with Crippen molar-refractivity contribution in [3.63, 3.8) is 0 Å². The Morgan fingerprint density at radius 3 is 2.48 bits per heavy atom. The summed E-state index contributed by atoms with van der Waals surface area (Å²) < 4.78 is 27.3. The van der Waals surface area contributed by atoms with Gasteiger partial charge in [0.2, 0.25) is 0 Å². The summed E-state index contributed by atoms with van der Waals surface area (Å²) in [5, 5.41) is 9.30. The van der Waals surface area contributed by atoms with Crippen LogP contribution < -0.4 is 4.72 Å². The van der Waals surface area contributed by atoms with E-state index in [1.54, 1.807) is 18.2 Å². The van der Waals surface area contributed by atoms with Gasteiger partial charge in [-0.05, 0) is 52.9 Å². The number of carbonyl (C=O) groups is 1. The molecule has 5 nitrogen and oxygen atoms in total. The lowest BCUT2D eigenvalue weighted by molar-refractivity contribution is 0.0695. The number of carboxylic acids is 1. The normalized spacial score (nSPS) is 11.1. The fraction of sp³-hybridized carbons (Fsp3) is 0. The van der Waals surface area contributed by atoms with Crippen LogP contribution in [0.2, 0.25) is 5.02 Å². The van der Waals surface area contributed by atoms with Crippen molar-refractivity contribution in [3.8, 4) is 0 Å². The third-order valence-corrected chi connectivity index (χ3v) is 5.23. The van der Waals surface area contributed by atoms with Crippen molar-refractivity contribution in [2.45, 2.75) is 4.90 Å². The van der Waals surface area contributed by atoms with Crippen molar-refractivity contribution in [2.24, 2.45) is 0 Å². The van der Waals surface area contributed by atoms with Gasteiger partial charge in [-0.2, -0.15) is 0 Å². The van der Waals surface area contributed by atoms with E-state index in [9.17, 15) is 13.2 Å². The van der Waals surface area contributed by atoms with E-state index in [1.165, 1.54) is 18.2 Å². The third-order valence-electron chi connectivity index (χ3n) is 2.60. The van der Waals surface area contributed by atoms with Crippen molar-refractivity contribution < 1.29 is 18.3 Å². The molecule has 0 aliphatic rings. The second-order valence-corrected chi connectivity index (χ2v) is 7.28. The maximum Gasteiger partial charge on any atom is 0.336 e. The van der Waals surface area contributed by atoms with Gasteiger partial charge in [-0.25, -0.2) is 13.2 Å². The molecule has 0 saturated heterocycles. The monoisotopic (exact) mass is 437 g/mol. The molecular formula is C13H9ClINO4S. The molecule has 0 atom stereocenters. The number of halogens is 2. The number of hydrogen-bond acceptors (Lipinski definition) is 3. The second-order valence-electron chi connectivity index (χ2n) is 4.03. The Bertz CT molecular complexity index is 808. The minimum atomic E-state index is -3.91. The molecular weight excluding hydrogens is 429 g/mol. The molecule has 0 fully saturated rings. The number of anilines is 1. The summed E-state index contributed by atoms with van der Waals surface area (Å²) in [5.41, 5.74) is 0.159. The van der Waals surface area contributed by atoms with Crippen LogP contribution in [0.4, 0.5) is 5.69 Å². The maximum atomic E-state index is 12.3. The SMILES string of the molecule is O=C(O)c1cc(S(=O)(=O)Nc2ccccc2Cl)ccc1I. The zero-order valence-corrected chi connectivity index (χ0v) is 14.1. The van der Waals surface area contributed by atoms with E-state index in [-0.39, 0.29) is 21.2 Å². The van der Waals surface area contributed by atoms with E-state index in [0.29, 0.717) is 3.57 Å². The van der Waals surface area contributed by atoms with E-state index >= 15 is 0 Å². The van der Waals surface area contributed by atoms with Crippen LogP contribution in [0.1, 0.15) is 10.4 Å². The molecule has 8 heteroatoms. The smallest absolute Gasteiger partial charge is 0.336 e. The zero-order chi connectivity index (χ0) is 15.6. The lowest BCUT2D eigenvalue weighted by Crippen LogP contribution is -2.14. The summed E-state index contributed by atoms with van der Waals surface area (Å²) in [6, 6.07) is 10.3. The van der Waals surface area contributed by atoms with Gasteiger partial charge in [0.25, 0.3) is 10.0 Å². The van der Waals surface area contributed by atoms with Crippen LogP contribution in [0.5, 0.6) is 0 Å². The first kappa shape index (κ1) is 16.1. The van der Waals surface area contributed by atoms with Crippen LogP contribution in [0.25, 0.3) is 0 Å². The number of nitrogens with one attached hydrogen (secondary N) is 1. The van der Waals surface area contributed by atoms with Crippen LogP contribution in [0.3, 0.4) is 0 Å². The van der Waals surface area contributed by atoms with E-state index < -0.39 is 16.0 Å². The second kappa shape index (κ2) is 6.20. The van der Waals surface area contributed by atoms with Gasteiger partial charge in [-0.1, -0.05) is 23.7 Å². The lowest BCUT2D eigenvalue weighted by atomic mass is 10.2. The Morgan fingerprint density at radius 2 is 1.86 bits per heavy atom. The van der Waals surface area contributed by atoms with Gasteiger partial charge in [-0.15, -0.1) is 0 Å². The van der Waals surface area contributed by atoms with Crippen molar-refractivity contribution in [1.82, 2.24) is 0 Å². The molecule has 0 saturated carbocycles. The topological polar surface area (TPSA) is 83.5 Å². The molecule has 2 rings (SSSR count). The predicted molar refractivity (Wildman–Crippen MR) is 88.4 cm³/mol. The highest BCUT2D eigenvalue weighted by molar-refractivity contribution is 14.1. The molecule has 2 aromatic carbocycles. The van der Waals surface area contributed by atoms with Crippen LogP contribution >= 0.6 is 34.2 Å². The number of para-hydroxylation sites is 1. The first-order valence-corrected chi connectivity index (χ1v) is 8.55. The van der Waals surface area contributed by atoms with Gasteiger partial charge in [0.15, 0.2) is 0 Å². The summed E-state index contributed by atoms with van der Waals surface area (Å²) >= 11 is 7.73. The fourth-order valence-corrected chi connectivity index (χ4v) is 3.49. The van der Waals surface area contributed by atoms with Crippen LogP contribution in [-0.2, 0) is 10.0 Å². The molecule has 0 aromatic heterocycles. The van der Waals surface area contributed by atoms with Gasteiger partial charge in [0.1, 0.15) is 0 Å². The molecule has 110 valence electrons. The Hall–Kier alpha value is -1.32. The average Bonchev–Trinajstić information content (AvgIpc) is 2.41. The van der Waals surface area contributed by atoms with Crippen LogP contribution in [-0.4, -0.2) is 19.5 Å². The van der Waals surface area contributed by atoms with Crippen molar-refractivity contribution >= 4 is 55.9 Å². The highest BCUT2D eigenvalue weighted by Crippen LogP contribution is 2.25. The van der Waals surface area contributed by atoms with Gasteiger partial charge in [0, 0.05) is 3.57 Å². The maximum absolute atomic E-state index is 12.3. The molecule has 21 heavy (non-hydrogen) atoms. The van der Waals surface area contributed by atoms with E-state index in [0.717, 1.165) is 6.07 Å². The Morgan fingerprint density at radius 1 is 1.19 bits per heavy atom. The number of rotatable bonds is 4. The predicted octanol–water partition coefficient (Wildman–Crippen LogP) is 3.44. The van der Waals surface area contributed by atoms with Crippen molar-refractivity contribution in [1.29, 1.82) is 0 Å². The fourth-order valence-electron chi connectivity index (χ4n) is 1.58. The summed E-state index contributed by atoms with van der Waals surface area (Å²) in [6.07, 6.45) is 0. The quantitative estimate of drug-likeness (QED) is 0.718. The molecule has 0 spiro atoms. The van der Waals surface area contributed by atoms with E-state index in [1.807, 2.05) is 22.6 Å². The highest BCUT2D eigenvalue weighted by Gasteiger charge is 2.19. The number of carboxylic acid groups (broad SMARTS) is 1. The van der Waals surface area contributed by atoms with E-state index in [4.69, 9.17) is 16.7 Å².